The Balaban J connectivity index is 1.87. The third-order valence-electron chi connectivity index (χ3n) is 3.62. The second-order valence-corrected chi connectivity index (χ2v) is 4.70. The lowest BCUT2D eigenvalue weighted by Crippen LogP contribution is -2.43. The Morgan fingerprint density at radius 2 is 2.20 bits per heavy atom. The molecule has 3 heterocycles. The monoisotopic (exact) mass is 204 g/mol. The molecule has 3 rings (SSSR count). The average molecular weight is 204 g/mol. The van der Waals surface area contributed by atoms with Gasteiger partial charge in [0.15, 0.2) is 0 Å². The van der Waals surface area contributed by atoms with Gasteiger partial charge in [-0.1, -0.05) is 0 Å². The topological polar surface area (TPSA) is 34.2 Å². The average Bonchev–Trinajstić information content (AvgIpc) is 2.30. The molecule has 0 aliphatic carbocycles. The molecule has 2 aliphatic rings. The van der Waals surface area contributed by atoms with Crippen molar-refractivity contribution in [2.75, 3.05) is 19.7 Å². The van der Waals surface area contributed by atoms with Crippen LogP contribution in [0.2, 0.25) is 0 Å². The van der Waals surface area contributed by atoms with Crippen LogP contribution in [-0.4, -0.2) is 24.7 Å². The number of nitrogens with zero attached hydrogens (tertiary/aromatic N) is 1. The van der Waals surface area contributed by atoms with Crippen molar-refractivity contribution < 1.29 is 4.74 Å². The first kappa shape index (κ1) is 9.16. The van der Waals surface area contributed by atoms with Crippen LogP contribution in [0.3, 0.4) is 0 Å². The normalized spacial score (nSPS) is 23.2. The van der Waals surface area contributed by atoms with Gasteiger partial charge in [0, 0.05) is 23.4 Å². The number of piperidine rings is 1. The molecule has 2 aliphatic heterocycles. The molecule has 1 aromatic heterocycles. The van der Waals surface area contributed by atoms with Crippen LogP contribution in [0.15, 0.2) is 18.5 Å². The molecule has 0 radical (unpaired) electrons. The fourth-order valence-corrected chi connectivity index (χ4v) is 2.65. The predicted molar refractivity (Wildman–Crippen MR) is 58.0 cm³/mol. The van der Waals surface area contributed by atoms with Gasteiger partial charge in [0.05, 0.1) is 6.61 Å². The van der Waals surface area contributed by atoms with Gasteiger partial charge >= 0.3 is 0 Å². The SMILES string of the molecule is c1cc2c(cn1)CC1(CCNCC1)CO2. The van der Waals surface area contributed by atoms with Gasteiger partial charge in [-0.15, -0.1) is 0 Å². The first-order chi connectivity index (χ1) is 7.38. The molecular weight excluding hydrogens is 188 g/mol. The van der Waals surface area contributed by atoms with E-state index in [1.807, 2.05) is 12.3 Å². The quantitative estimate of drug-likeness (QED) is 0.693. The maximum Gasteiger partial charge on any atom is 0.125 e. The molecule has 3 nitrogen and oxygen atoms in total. The molecular formula is C12H16N2O. The summed E-state index contributed by atoms with van der Waals surface area (Å²) in [5.41, 5.74) is 1.66. The molecule has 1 saturated heterocycles. The Bertz CT molecular complexity index is 358. The third kappa shape index (κ3) is 1.61. The van der Waals surface area contributed by atoms with Crippen molar-refractivity contribution in [1.29, 1.82) is 0 Å². The largest absolute Gasteiger partial charge is 0.493 e. The number of fused-ring (bicyclic) bond motifs is 1. The molecule has 0 saturated carbocycles. The zero-order valence-corrected chi connectivity index (χ0v) is 8.83. The van der Waals surface area contributed by atoms with E-state index < -0.39 is 0 Å². The van der Waals surface area contributed by atoms with E-state index in [0.717, 1.165) is 31.9 Å². The van der Waals surface area contributed by atoms with Crippen LogP contribution in [0.5, 0.6) is 5.75 Å². The van der Waals surface area contributed by atoms with E-state index >= 15 is 0 Å². The van der Waals surface area contributed by atoms with Crippen molar-refractivity contribution in [3.63, 3.8) is 0 Å². The van der Waals surface area contributed by atoms with Gasteiger partial charge < -0.3 is 10.1 Å². The Morgan fingerprint density at radius 1 is 1.33 bits per heavy atom. The molecule has 1 fully saturated rings. The highest BCUT2D eigenvalue weighted by molar-refractivity contribution is 5.33. The fourth-order valence-electron chi connectivity index (χ4n) is 2.65. The van der Waals surface area contributed by atoms with E-state index in [1.54, 1.807) is 6.20 Å². The van der Waals surface area contributed by atoms with E-state index in [2.05, 4.69) is 10.3 Å². The van der Waals surface area contributed by atoms with Crippen LogP contribution >= 0.6 is 0 Å². The number of pyridine rings is 1. The zero-order chi connectivity index (χ0) is 10.1. The molecule has 1 spiro atoms. The fraction of sp³-hybridized carbons (Fsp3) is 0.583. The van der Waals surface area contributed by atoms with Crippen molar-refractivity contribution >= 4 is 0 Å². The molecule has 3 heteroatoms. The van der Waals surface area contributed by atoms with Gasteiger partial charge in [-0.05, 0) is 38.4 Å². The second-order valence-electron chi connectivity index (χ2n) is 4.70. The number of nitrogens with one attached hydrogen (secondary N) is 1. The highest BCUT2D eigenvalue weighted by Crippen LogP contribution is 2.39. The minimum Gasteiger partial charge on any atom is -0.493 e. The molecule has 1 N–H and O–H groups in total. The minimum absolute atomic E-state index is 0.376. The van der Waals surface area contributed by atoms with Crippen molar-refractivity contribution in [2.45, 2.75) is 19.3 Å². The first-order valence-electron chi connectivity index (χ1n) is 5.64. The van der Waals surface area contributed by atoms with Crippen molar-refractivity contribution in [3.8, 4) is 5.75 Å². The summed E-state index contributed by atoms with van der Waals surface area (Å²) >= 11 is 0. The van der Waals surface area contributed by atoms with E-state index in [1.165, 1.54) is 18.4 Å². The third-order valence-corrected chi connectivity index (χ3v) is 3.62. The highest BCUT2D eigenvalue weighted by Gasteiger charge is 2.36. The second kappa shape index (κ2) is 3.49. The molecule has 0 amide bonds. The number of rotatable bonds is 0. The zero-order valence-electron chi connectivity index (χ0n) is 8.83. The Labute approximate surface area is 89.9 Å². The first-order valence-corrected chi connectivity index (χ1v) is 5.64. The summed E-state index contributed by atoms with van der Waals surface area (Å²) in [6.45, 7) is 3.13. The standard InChI is InChI=1S/C12H16N2O/c1-4-14-8-10-7-12(9-15-11(1)10)2-5-13-6-3-12/h1,4,8,13H,2-3,5-7,9H2. The summed E-state index contributed by atoms with van der Waals surface area (Å²) in [5.74, 6) is 1.04. The smallest absolute Gasteiger partial charge is 0.125 e. The van der Waals surface area contributed by atoms with Gasteiger partial charge in [0.25, 0.3) is 0 Å². The van der Waals surface area contributed by atoms with Gasteiger partial charge in [0.2, 0.25) is 0 Å². The number of aromatic nitrogens is 1. The summed E-state index contributed by atoms with van der Waals surface area (Å²) in [6.07, 6.45) is 7.35. The van der Waals surface area contributed by atoms with Gasteiger partial charge in [-0.3, -0.25) is 4.98 Å². The molecule has 15 heavy (non-hydrogen) atoms. The van der Waals surface area contributed by atoms with Crippen LogP contribution in [-0.2, 0) is 6.42 Å². The summed E-state index contributed by atoms with van der Waals surface area (Å²) in [7, 11) is 0. The maximum atomic E-state index is 5.85. The lowest BCUT2D eigenvalue weighted by atomic mass is 9.74. The Hall–Kier alpha value is -1.09. The van der Waals surface area contributed by atoms with Crippen molar-refractivity contribution in [3.05, 3.63) is 24.0 Å². The van der Waals surface area contributed by atoms with E-state index in [9.17, 15) is 0 Å². The summed E-state index contributed by atoms with van der Waals surface area (Å²) in [5, 5.41) is 3.41. The number of ether oxygens (including phenoxy) is 1. The molecule has 0 aromatic carbocycles. The van der Waals surface area contributed by atoms with Crippen LogP contribution in [0.25, 0.3) is 0 Å². The molecule has 1 aromatic rings. The summed E-state index contributed by atoms with van der Waals surface area (Å²) < 4.78 is 5.85. The summed E-state index contributed by atoms with van der Waals surface area (Å²) in [4.78, 5) is 4.18. The number of hydrogen-bond acceptors (Lipinski definition) is 3. The predicted octanol–water partition coefficient (Wildman–Crippen LogP) is 1.39. The molecule has 0 bridgehead atoms. The Morgan fingerprint density at radius 3 is 3.07 bits per heavy atom. The van der Waals surface area contributed by atoms with Crippen LogP contribution in [0, 0.1) is 5.41 Å². The van der Waals surface area contributed by atoms with Crippen LogP contribution in [0.4, 0.5) is 0 Å². The molecule has 0 unspecified atom stereocenters. The molecule has 0 atom stereocenters. The van der Waals surface area contributed by atoms with Gasteiger partial charge in [-0.25, -0.2) is 0 Å². The van der Waals surface area contributed by atoms with Gasteiger partial charge in [0.1, 0.15) is 5.75 Å². The maximum absolute atomic E-state index is 5.85. The lowest BCUT2D eigenvalue weighted by molar-refractivity contribution is 0.0847. The van der Waals surface area contributed by atoms with E-state index in [0.29, 0.717) is 5.41 Å². The van der Waals surface area contributed by atoms with Crippen LogP contribution in [0.1, 0.15) is 18.4 Å². The minimum atomic E-state index is 0.376. The lowest BCUT2D eigenvalue weighted by Gasteiger charge is -2.40. The van der Waals surface area contributed by atoms with Crippen molar-refractivity contribution in [1.82, 2.24) is 10.3 Å². The van der Waals surface area contributed by atoms with Crippen molar-refractivity contribution in [2.24, 2.45) is 5.41 Å². The summed E-state index contributed by atoms with van der Waals surface area (Å²) in [6, 6.07) is 1.98. The van der Waals surface area contributed by atoms with E-state index in [4.69, 9.17) is 4.74 Å². The van der Waals surface area contributed by atoms with Gasteiger partial charge in [-0.2, -0.15) is 0 Å². The van der Waals surface area contributed by atoms with E-state index in [-0.39, 0.29) is 0 Å². The highest BCUT2D eigenvalue weighted by atomic mass is 16.5. The number of hydrogen-bond donors (Lipinski definition) is 1. The van der Waals surface area contributed by atoms with Crippen LogP contribution < -0.4 is 10.1 Å². The Kier molecular flexibility index (Phi) is 2.13. The molecule has 80 valence electrons.